The van der Waals surface area contributed by atoms with Crippen molar-refractivity contribution in [2.24, 2.45) is 7.05 Å². The number of hydrogen-bond donors (Lipinski definition) is 0. The Kier molecular flexibility index (Phi) is 1.39. The van der Waals surface area contributed by atoms with Crippen molar-refractivity contribution in [2.45, 2.75) is 6.92 Å². The average Bonchev–Trinajstić information content (AvgIpc) is 2.15. The molecule has 1 rings (SSSR count). The van der Waals surface area contributed by atoms with E-state index in [4.69, 9.17) is 0 Å². The molecule has 2 heteroatoms. The molecule has 0 aliphatic carbocycles. The first-order valence-corrected chi connectivity index (χ1v) is 2.86. The maximum atomic E-state index is 4.08. The molecule has 0 amide bonds. The molecular formula is C7H10N2. The summed E-state index contributed by atoms with van der Waals surface area (Å²) in [5.74, 6) is 1.02. The highest BCUT2D eigenvalue weighted by molar-refractivity contribution is 5.40. The number of aromatic nitrogens is 2. The van der Waals surface area contributed by atoms with E-state index in [1.54, 1.807) is 6.08 Å². The van der Waals surface area contributed by atoms with E-state index in [1.807, 2.05) is 24.7 Å². The van der Waals surface area contributed by atoms with Gasteiger partial charge < -0.3 is 4.57 Å². The second kappa shape index (κ2) is 2.05. The summed E-state index contributed by atoms with van der Waals surface area (Å²) in [6.45, 7) is 5.61. The van der Waals surface area contributed by atoms with Crippen LogP contribution in [0.5, 0.6) is 0 Å². The fourth-order valence-corrected chi connectivity index (χ4v) is 0.709. The molecule has 0 unspecified atom stereocenters. The van der Waals surface area contributed by atoms with E-state index >= 15 is 0 Å². The topological polar surface area (TPSA) is 17.8 Å². The third-order valence-electron chi connectivity index (χ3n) is 1.47. The fraction of sp³-hybridized carbons (Fsp3) is 0.286. The lowest BCUT2D eigenvalue weighted by Crippen LogP contribution is -1.92. The molecule has 0 aliphatic rings. The van der Waals surface area contributed by atoms with Gasteiger partial charge in [0.1, 0.15) is 5.82 Å². The number of rotatable bonds is 1. The molecule has 0 spiro atoms. The van der Waals surface area contributed by atoms with Crippen molar-refractivity contribution >= 4 is 6.08 Å². The van der Waals surface area contributed by atoms with Gasteiger partial charge in [0.2, 0.25) is 0 Å². The van der Waals surface area contributed by atoms with Crippen LogP contribution in [0.3, 0.4) is 0 Å². The van der Waals surface area contributed by atoms with Gasteiger partial charge in [0.25, 0.3) is 0 Å². The van der Waals surface area contributed by atoms with Crippen molar-refractivity contribution in [1.29, 1.82) is 0 Å². The molecular weight excluding hydrogens is 112 g/mol. The summed E-state index contributed by atoms with van der Waals surface area (Å²) < 4.78 is 1.99. The lowest BCUT2D eigenvalue weighted by Gasteiger charge is -1.94. The van der Waals surface area contributed by atoms with Crippen molar-refractivity contribution in [2.75, 3.05) is 0 Å². The highest BCUT2D eigenvalue weighted by Crippen LogP contribution is 2.01. The van der Waals surface area contributed by atoms with E-state index in [0.717, 1.165) is 11.5 Å². The van der Waals surface area contributed by atoms with Crippen molar-refractivity contribution in [3.8, 4) is 0 Å². The van der Waals surface area contributed by atoms with Crippen molar-refractivity contribution in [1.82, 2.24) is 9.55 Å². The van der Waals surface area contributed by atoms with Gasteiger partial charge in [-0.25, -0.2) is 4.98 Å². The van der Waals surface area contributed by atoms with E-state index in [0.29, 0.717) is 0 Å². The first-order chi connectivity index (χ1) is 4.25. The zero-order valence-corrected chi connectivity index (χ0v) is 5.76. The summed E-state index contributed by atoms with van der Waals surface area (Å²) in [6, 6.07) is 0. The number of imidazole rings is 1. The maximum Gasteiger partial charge on any atom is 0.105 e. The minimum Gasteiger partial charge on any atom is -0.332 e. The van der Waals surface area contributed by atoms with Crippen LogP contribution in [0.15, 0.2) is 12.8 Å². The minimum atomic E-state index is 1.02. The Morgan fingerprint density at radius 3 is 2.67 bits per heavy atom. The van der Waals surface area contributed by atoms with Crippen LogP contribution in [0, 0.1) is 6.92 Å². The largest absolute Gasteiger partial charge is 0.332 e. The molecule has 0 saturated carbocycles. The van der Waals surface area contributed by atoms with E-state index in [-0.39, 0.29) is 0 Å². The first kappa shape index (κ1) is 6.08. The van der Waals surface area contributed by atoms with Gasteiger partial charge in [0, 0.05) is 7.05 Å². The van der Waals surface area contributed by atoms with Crippen LogP contribution in [-0.4, -0.2) is 9.55 Å². The lowest BCUT2D eigenvalue weighted by atomic mass is 10.5. The number of aryl methyl sites for hydroxylation is 1. The van der Waals surface area contributed by atoms with Crippen molar-refractivity contribution in [3.63, 3.8) is 0 Å². The number of nitrogens with zero attached hydrogens (tertiary/aromatic N) is 2. The zero-order valence-electron chi connectivity index (χ0n) is 5.76. The predicted molar refractivity (Wildman–Crippen MR) is 38.0 cm³/mol. The Morgan fingerprint density at radius 1 is 1.78 bits per heavy atom. The first-order valence-electron chi connectivity index (χ1n) is 2.86. The lowest BCUT2D eigenvalue weighted by molar-refractivity contribution is 0.849. The van der Waals surface area contributed by atoms with Gasteiger partial charge in [-0.2, -0.15) is 0 Å². The molecule has 9 heavy (non-hydrogen) atoms. The summed E-state index contributed by atoms with van der Waals surface area (Å²) in [5, 5.41) is 0. The van der Waals surface area contributed by atoms with Gasteiger partial charge in [0.05, 0.1) is 11.9 Å². The molecule has 0 atom stereocenters. The maximum absolute atomic E-state index is 4.08. The van der Waals surface area contributed by atoms with Gasteiger partial charge in [-0.1, -0.05) is 6.58 Å². The van der Waals surface area contributed by atoms with E-state index in [2.05, 4.69) is 11.6 Å². The number of hydrogen-bond acceptors (Lipinski definition) is 1. The Labute approximate surface area is 54.8 Å². The van der Waals surface area contributed by atoms with Gasteiger partial charge in [-0.3, -0.25) is 0 Å². The Hall–Kier alpha value is -1.05. The van der Waals surface area contributed by atoms with Gasteiger partial charge in [-0.15, -0.1) is 0 Å². The highest BCUT2D eigenvalue weighted by atomic mass is 15.0. The third kappa shape index (κ3) is 0.875. The summed E-state index contributed by atoms with van der Waals surface area (Å²) in [6.07, 6.45) is 3.60. The second-order valence-corrected chi connectivity index (χ2v) is 1.99. The van der Waals surface area contributed by atoms with Crippen LogP contribution in [0.4, 0.5) is 0 Å². The average molecular weight is 122 g/mol. The van der Waals surface area contributed by atoms with Crippen LogP contribution in [0.25, 0.3) is 6.08 Å². The second-order valence-electron chi connectivity index (χ2n) is 1.99. The standard InChI is InChI=1S/C7H10N2/c1-4-7-5-8-6(2)9(7)3/h4-5H,1H2,2-3H3. The van der Waals surface area contributed by atoms with Gasteiger partial charge in [-0.05, 0) is 13.0 Å². The summed E-state index contributed by atoms with van der Waals surface area (Å²) in [7, 11) is 1.97. The predicted octanol–water partition coefficient (Wildman–Crippen LogP) is 1.37. The molecule has 2 nitrogen and oxygen atoms in total. The molecule has 1 aromatic heterocycles. The molecule has 1 aromatic rings. The monoisotopic (exact) mass is 122 g/mol. The molecule has 0 fully saturated rings. The normalized spacial score (nSPS) is 9.56. The van der Waals surface area contributed by atoms with Crippen LogP contribution in [-0.2, 0) is 7.05 Å². The Bertz CT molecular complexity index is 223. The van der Waals surface area contributed by atoms with Crippen molar-refractivity contribution in [3.05, 3.63) is 24.3 Å². The summed E-state index contributed by atoms with van der Waals surface area (Å²) >= 11 is 0. The van der Waals surface area contributed by atoms with Crippen LogP contribution in [0.2, 0.25) is 0 Å². The van der Waals surface area contributed by atoms with Gasteiger partial charge >= 0.3 is 0 Å². The third-order valence-corrected chi connectivity index (χ3v) is 1.47. The minimum absolute atomic E-state index is 1.02. The molecule has 0 aromatic carbocycles. The van der Waals surface area contributed by atoms with Crippen LogP contribution >= 0.6 is 0 Å². The molecule has 0 saturated heterocycles. The summed E-state index contributed by atoms with van der Waals surface area (Å²) in [4.78, 5) is 4.08. The molecule has 0 bridgehead atoms. The molecule has 1 heterocycles. The Balaban J connectivity index is 3.18. The van der Waals surface area contributed by atoms with E-state index in [9.17, 15) is 0 Å². The van der Waals surface area contributed by atoms with E-state index < -0.39 is 0 Å². The smallest absolute Gasteiger partial charge is 0.105 e. The van der Waals surface area contributed by atoms with Crippen molar-refractivity contribution < 1.29 is 0 Å². The molecule has 0 aliphatic heterocycles. The molecule has 48 valence electrons. The highest BCUT2D eigenvalue weighted by Gasteiger charge is 1.94. The van der Waals surface area contributed by atoms with Crippen LogP contribution in [0.1, 0.15) is 11.5 Å². The Morgan fingerprint density at radius 2 is 2.44 bits per heavy atom. The molecule has 0 radical (unpaired) electrons. The fourth-order valence-electron chi connectivity index (χ4n) is 0.709. The molecule has 0 N–H and O–H groups in total. The SMILES string of the molecule is C=Cc1cnc(C)n1C. The quantitative estimate of drug-likeness (QED) is 0.550. The zero-order chi connectivity index (χ0) is 6.85. The van der Waals surface area contributed by atoms with Gasteiger partial charge in [0.15, 0.2) is 0 Å². The van der Waals surface area contributed by atoms with E-state index in [1.165, 1.54) is 0 Å². The summed E-state index contributed by atoms with van der Waals surface area (Å²) in [5.41, 5.74) is 1.06. The van der Waals surface area contributed by atoms with Crippen LogP contribution < -0.4 is 0 Å².